The molecule has 0 spiro atoms. The topological polar surface area (TPSA) is 52.6 Å². The molecule has 0 amide bonds. The van der Waals surface area contributed by atoms with Gasteiger partial charge in [0.05, 0.1) is 23.1 Å². The van der Waals surface area contributed by atoms with Crippen LogP contribution in [-0.2, 0) is 13.8 Å². The molecule has 100 valence electrons. The van der Waals surface area contributed by atoms with E-state index in [2.05, 4.69) is 0 Å². The molecule has 1 aromatic carbocycles. The van der Waals surface area contributed by atoms with Gasteiger partial charge in [-0.1, -0.05) is 11.6 Å². The molecule has 0 atom stereocenters. The lowest BCUT2D eigenvalue weighted by Gasteiger charge is -2.23. The normalized spacial score (nSPS) is 17.7. The van der Waals surface area contributed by atoms with Crippen LogP contribution in [0.2, 0.25) is 5.02 Å². The molecular formula is C11H12Cl2O4S. The van der Waals surface area contributed by atoms with Gasteiger partial charge in [0.1, 0.15) is 11.9 Å². The number of benzene rings is 1. The van der Waals surface area contributed by atoms with Crippen molar-refractivity contribution in [2.24, 2.45) is 0 Å². The molecule has 18 heavy (non-hydrogen) atoms. The summed E-state index contributed by atoms with van der Waals surface area (Å²) < 4.78 is 33.2. The first kappa shape index (κ1) is 13.9. The Kier molecular flexibility index (Phi) is 4.37. The number of rotatable bonds is 3. The summed E-state index contributed by atoms with van der Waals surface area (Å²) in [7, 11) is 1.47. The average Bonchev–Trinajstić information content (AvgIpc) is 2.32. The number of hydrogen-bond acceptors (Lipinski definition) is 4. The molecule has 1 aromatic rings. The highest BCUT2D eigenvalue weighted by Crippen LogP contribution is 2.30. The van der Waals surface area contributed by atoms with E-state index in [1.54, 1.807) is 0 Å². The highest BCUT2D eigenvalue weighted by atomic mass is 35.7. The van der Waals surface area contributed by atoms with Crippen molar-refractivity contribution in [1.82, 2.24) is 0 Å². The van der Waals surface area contributed by atoms with Crippen LogP contribution in [-0.4, -0.2) is 27.7 Å². The Morgan fingerprint density at radius 1 is 1.28 bits per heavy atom. The fourth-order valence-electron chi connectivity index (χ4n) is 1.70. The predicted octanol–water partition coefficient (Wildman–Crippen LogP) is 2.83. The second-order valence-electron chi connectivity index (χ2n) is 3.96. The van der Waals surface area contributed by atoms with E-state index in [1.807, 2.05) is 0 Å². The minimum Gasteiger partial charge on any atom is -0.489 e. The molecule has 0 N–H and O–H groups in total. The quantitative estimate of drug-likeness (QED) is 0.806. The first-order valence-corrected chi connectivity index (χ1v) is 8.14. The fourth-order valence-corrected chi connectivity index (χ4v) is 2.77. The maximum absolute atomic E-state index is 11.1. The zero-order valence-electron chi connectivity index (χ0n) is 9.43. The third kappa shape index (κ3) is 3.51. The molecule has 2 rings (SSSR count). The minimum absolute atomic E-state index is 0.0338. The van der Waals surface area contributed by atoms with Crippen LogP contribution < -0.4 is 4.74 Å². The van der Waals surface area contributed by atoms with Crippen LogP contribution >= 0.6 is 22.3 Å². The summed E-state index contributed by atoms with van der Waals surface area (Å²) in [5, 5.41) is 0.239. The molecule has 0 bridgehead atoms. The molecule has 1 fully saturated rings. The molecule has 0 unspecified atom stereocenters. The summed E-state index contributed by atoms with van der Waals surface area (Å²) in [5.41, 5.74) is 0. The van der Waals surface area contributed by atoms with E-state index in [0.717, 1.165) is 12.8 Å². The average molecular weight is 311 g/mol. The maximum atomic E-state index is 11.1. The van der Waals surface area contributed by atoms with E-state index < -0.39 is 9.05 Å². The zero-order chi connectivity index (χ0) is 13.2. The molecule has 0 saturated carbocycles. The van der Waals surface area contributed by atoms with Gasteiger partial charge in [-0.05, 0) is 18.2 Å². The standard InChI is InChI=1S/C11H12Cl2O4S/c12-10-7-9(18(13,14)15)1-2-11(10)17-8-3-5-16-6-4-8/h1-2,7-8H,3-6H2. The second-order valence-corrected chi connectivity index (χ2v) is 6.93. The van der Waals surface area contributed by atoms with Crippen molar-refractivity contribution >= 4 is 31.3 Å². The third-order valence-corrected chi connectivity index (χ3v) is 4.29. The monoisotopic (exact) mass is 310 g/mol. The summed E-state index contributed by atoms with van der Waals surface area (Å²) in [4.78, 5) is -0.0338. The molecule has 0 radical (unpaired) electrons. The van der Waals surface area contributed by atoms with E-state index in [9.17, 15) is 8.42 Å². The molecule has 4 nitrogen and oxygen atoms in total. The molecule has 7 heteroatoms. The smallest absolute Gasteiger partial charge is 0.261 e. The third-order valence-electron chi connectivity index (χ3n) is 2.65. The summed E-state index contributed by atoms with van der Waals surface area (Å²) in [5.74, 6) is 0.465. The van der Waals surface area contributed by atoms with Crippen LogP contribution in [0.5, 0.6) is 5.75 Å². The van der Waals surface area contributed by atoms with Crippen molar-refractivity contribution in [3.63, 3.8) is 0 Å². The molecule has 1 heterocycles. The van der Waals surface area contributed by atoms with Crippen molar-refractivity contribution < 1.29 is 17.9 Å². The lowest BCUT2D eigenvalue weighted by atomic mass is 10.1. The Hall–Kier alpha value is -0.490. The Balaban J connectivity index is 2.14. The lowest BCUT2D eigenvalue weighted by molar-refractivity contribution is 0.0256. The van der Waals surface area contributed by atoms with Gasteiger partial charge in [-0.2, -0.15) is 0 Å². The van der Waals surface area contributed by atoms with Gasteiger partial charge < -0.3 is 9.47 Å². The Morgan fingerprint density at radius 2 is 1.94 bits per heavy atom. The highest BCUT2D eigenvalue weighted by Gasteiger charge is 2.18. The van der Waals surface area contributed by atoms with E-state index in [4.69, 9.17) is 31.8 Å². The van der Waals surface area contributed by atoms with Crippen molar-refractivity contribution in [1.29, 1.82) is 0 Å². The first-order chi connectivity index (χ1) is 8.47. The Labute approximate surface area is 115 Å². The zero-order valence-corrected chi connectivity index (χ0v) is 11.8. The Bertz CT molecular complexity index is 524. The summed E-state index contributed by atoms with van der Waals surface area (Å²) in [6.45, 7) is 1.33. The highest BCUT2D eigenvalue weighted by molar-refractivity contribution is 8.13. The van der Waals surface area contributed by atoms with Gasteiger partial charge in [0.15, 0.2) is 0 Å². The van der Waals surface area contributed by atoms with Gasteiger partial charge in [0, 0.05) is 23.5 Å². The van der Waals surface area contributed by atoms with E-state index in [1.165, 1.54) is 18.2 Å². The molecule has 1 aliphatic rings. The first-order valence-electron chi connectivity index (χ1n) is 5.45. The van der Waals surface area contributed by atoms with Crippen molar-refractivity contribution in [3.05, 3.63) is 23.2 Å². The maximum Gasteiger partial charge on any atom is 0.261 e. The molecule has 1 aliphatic heterocycles. The van der Waals surface area contributed by atoms with Gasteiger partial charge in [-0.25, -0.2) is 8.42 Å². The van der Waals surface area contributed by atoms with Crippen molar-refractivity contribution in [3.8, 4) is 5.75 Å². The van der Waals surface area contributed by atoms with Crippen LogP contribution in [0.1, 0.15) is 12.8 Å². The largest absolute Gasteiger partial charge is 0.489 e. The lowest BCUT2D eigenvalue weighted by Crippen LogP contribution is -2.25. The predicted molar refractivity (Wildman–Crippen MR) is 69.0 cm³/mol. The second kappa shape index (κ2) is 5.65. The van der Waals surface area contributed by atoms with E-state index >= 15 is 0 Å². The van der Waals surface area contributed by atoms with Gasteiger partial charge >= 0.3 is 0 Å². The van der Waals surface area contributed by atoms with Crippen LogP contribution in [0.25, 0.3) is 0 Å². The van der Waals surface area contributed by atoms with E-state index in [0.29, 0.717) is 19.0 Å². The molecular weight excluding hydrogens is 299 g/mol. The number of halogens is 2. The molecule has 0 aromatic heterocycles. The van der Waals surface area contributed by atoms with Gasteiger partial charge in [-0.15, -0.1) is 0 Å². The van der Waals surface area contributed by atoms with Gasteiger partial charge in [0.25, 0.3) is 9.05 Å². The number of hydrogen-bond donors (Lipinski definition) is 0. The molecule has 1 saturated heterocycles. The van der Waals surface area contributed by atoms with Gasteiger partial charge in [-0.3, -0.25) is 0 Å². The van der Waals surface area contributed by atoms with Crippen LogP contribution in [0.4, 0.5) is 0 Å². The van der Waals surface area contributed by atoms with Gasteiger partial charge in [0.2, 0.25) is 0 Å². The van der Waals surface area contributed by atoms with Crippen molar-refractivity contribution in [2.45, 2.75) is 23.8 Å². The minimum atomic E-state index is -3.76. The SMILES string of the molecule is O=S(=O)(Cl)c1ccc(OC2CCOCC2)c(Cl)c1. The Morgan fingerprint density at radius 3 is 2.50 bits per heavy atom. The van der Waals surface area contributed by atoms with Crippen LogP contribution in [0.15, 0.2) is 23.1 Å². The van der Waals surface area contributed by atoms with Crippen LogP contribution in [0.3, 0.4) is 0 Å². The summed E-state index contributed by atoms with van der Waals surface area (Å²) >= 11 is 5.98. The van der Waals surface area contributed by atoms with Crippen molar-refractivity contribution in [2.75, 3.05) is 13.2 Å². The van der Waals surface area contributed by atoms with Crippen LogP contribution in [0, 0.1) is 0 Å². The molecule has 0 aliphatic carbocycles. The fraction of sp³-hybridized carbons (Fsp3) is 0.455. The number of ether oxygens (including phenoxy) is 2. The summed E-state index contributed by atoms with van der Waals surface area (Å²) in [6.07, 6.45) is 1.65. The summed E-state index contributed by atoms with van der Waals surface area (Å²) in [6, 6.07) is 4.19. The van der Waals surface area contributed by atoms with E-state index in [-0.39, 0.29) is 16.0 Å².